The van der Waals surface area contributed by atoms with Crippen molar-refractivity contribution in [3.8, 4) is 0 Å². The smallest absolute Gasteiger partial charge is 0.0396 e. The Bertz CT molecular complexity index is 1890. The summed E-state index contributed by atoms with van der Waals surface area (Å²) in [5, 5.41) is 17.2. The molecule has 8 rings (SSSR count). The van der Waals surface area contributed by atoms with Crippen LogP contribution in [0.3, 0.4) is 0 Å². The van der Waals surface area contributed by atoms with Crippen LogP contribution in [0.4, 0.5) is 11.4 Å². The predicted molar refractivity (Wildman–Crippen MR) is 147 cm³/mol. The van der Waals surface area contributed by atoms with Crippen LogP contribution < -0.4 is 5.32 Å². The SMILES string of the molecule is CC1(C)c2cccc3ccc4cc(Nc5cc6ccc7cccc8ccc(c5)c6c78)cc1c4c23. The average Bonchev–Trinajstić information content (AvgIpc) is 3.09. The van der Waals surface area contributed by atoms with Crippen LogP contribution >= 0.6 is 0 Å². The number of nitrogens with one attached hydrogen (secondary N) is 1. The minimum Gasteiger partial charge on any atom is -0.355 e. The van der Waals surface area contributed by atoms with Gasteiger partial charge in [0.15, 0.2) is 0 Å². The third-order valence-corrected chi connectivity index (χ3v) is 8.06. The number of hydrogen-bond donors (Lipinski definition) is 1. The molecule has 160 valence electrons. The van der Waals surface area contributed by atoms with Crippen LogP contribution in [0, 0.1) is 0 Å². The molecule has 0 saturated heterocycles. The number of rotatable bonds is 2. The Morgan fingerprint density at radius 3 is 1.53 bits per heavy atom. The van der Waals surface area contributed by atoms with Crippen LogP contribution in [0.15, 0.2) is 97.1 Å². The molecule has 0 atom stereocenters. The maximum Gasteiger partial charge on any atom is 0.0396 e. The van der Waals surface area contributed by atoms with Crippen molar-refractivity contribution >= 4 is 65.2 Å². The lowest BCUT2D eigenvalue weighted by molar-refractivity contribution is 0.663. The molecule has 0 unspecified atom stereocenters. The van der Waals surface area contributed by atoms with Crippen molar-refractivity contribution in [1.29, 1.82) is 0 Å². The topological polar surface area (TPSA) is 12.0 Å². The van der Waals surface area contributed by atoms with E-state index in [2.05, 4.69) is 116 Å². The van der Waals surface area contributed by atoms with E-state index in [9.17, 15) is 0 Å². The molecule has 0 aromatic heterocycles. The van der Waals surface area contributed by atoms with Crippen LogP contribution in [0.5, 0.6) is 0 Å². The first-order valence-corrected chi connectivity index (χ1v) is 12.0. The van der Waals surface area contributed by atoms with Crippen molar-refractivity contribution < 1.29 is 0 Å². The normalized spacial score (nSPS) is 14.4. The van der Waals surface area contributed by atoms with Gasteiger partial charge in [0, 0.05) is 16.8 Å². The van der Waals surface area contributed by atoms with E-state index in [-0.39, 0.29) is 5.41 Å². The fourth-order valence-corrected chi connectivity index (χ4v) is 6.47. The molecule has 0 radical (unpaired) electrons. The molecule has 1 aliphatic rings. The molecular weight excluding hydrogens is 410 g/mol. The molecule has 1 heteroatoms. The Morgan fingerprint density at radius 2 is 0.882 bits per heavy atom. The van der Waals surface area contributed by atoms with Crippen LogP contribution in [0.1, 0.15) is 25.0 Å². The van der Waals surface area contributed by atoms with Gasteiger partial charge in [-0.05, 0) is 89.3 Å². The third kappa shape index (κ3) is 2.24. The van der Waals surface area contributed by atoms with Gasteiger partial charge in [0.05, 0.1) is 0 Å². The second-order valence-corrected chi connectivity index (χ2v) is 10.3. The Balaban J connectivity index is 1.32. The van der Waals surface area contributed by atoms with Crippen molar-refractivity contribution in [2.75, 3.05) is 5.32 Å². The zero-order valence-electron chi connectivity index (χ0n) is 19.2. The van der Waals surface area contributed by atoms with E-state index in [0.717, 1.165) is 11.4 Å². The number of benzene rings is 7. The van der Waals surface area contributed by atoms with Crippen LogP contribution in [0.25, 0.3) is 53.9 Å². The van der Waals surface area contributed by atoms with Crippen LogP contribution in [0.2, 0.25) is 0 Å². The van der Waals surface area contributed by atoms with Gasteiger partial charge < -0.3 is 5.32 Å². The van der Waals surface area contributed by atoms with Gasteiger partial charge in [-0.1, -0.05) is 86.6 Å². The highest BCUT2D eigenvalue weighted by atomic mass is 14.9. The molecule has 0 bridgehead atoms. The summed E-state index contributed by atoms with van der Waals surface area (Å²) in [7, 11) is 0. The minimum atomic E-state index is -0.00737. The Hall–Kier alpha value is -4.10. The van der Waals surface area contributed by atoms with Gasteiger partial charge in [-0.15, -0.1) is 0 Å². The first-order valence-electron chi connectivity index (χ1n) is 12.0. The van der Waals surface area contributed by atoms with Crippen molar-refractivity contribution in [1.82, 2.24) is 0 Å². The Morgan fingerprint density at radius 1 is 0.441 bits per heavy atom. The van der Waals surface area contributed by atoms with Crippen molar-refractivity contribution in [3.05, 3.63) is 108 Å². The second-order valence-electron chi connectivity index (χ2n) is 10.3. The van der Waals surface area contributed by atoms with Crippen LogP contribution in [-0.2, 0) is 5.41 Å². The van der Waals surface area contributed by atoms with E-state index in [1.165, 1.54) is 65.0 Å². The summed E-state index contributed by atoms with van der Waals surface area (Å²) in [6.45, 7) is 4.71. The highest BCUT2D eigenvalue weighted by molar-refractivity contribution is 6.23. The van der Waals surface area contributed by atoms with Gasteiger partial charge in [-0.2, -0.15) is 0 Å². The monoisotopic (exact) mass is 433 g/mol. The van der Waals surface area contributed by atoms with E-state index < -0.39 is 0 Å². The maximum atomic E-state index is 3.76. The van der Waals surface area contributed by atoms with E-state index in [0.29, 0.717) is 0 Å². The fourth-order valence-electron chi connectivity index (χ4n) is 6.47. The zero-order valence-corrected chi connectivity index (χ0v) is 19.2. The molecule has 0 aliphatic heterocycles. The van der Waals surface area contributed by atoms with Gasteiger partial charge >= 0.3 is 0 Å². The molecule has 0 fully saturated rings. The molecule has 1 N–H and O–H groups in total. The molecular formula is C33H23N. The number of hydrogen-bond acceptors (Lipinski definition) is 1. The highest BCUT2D eigenvalue weighted by Gasteiger charge is 2.34. The zero-order chi connectivity index (χ0) is 22.6. The van der Waals surface area contributed by atoms with E-state index in [1.807, 2.05) is 0 Å². The standard InChI is InChI=1S/C33H23N/c1-33(2)27-8-4-7-21-11-14-24-17-26(18-28(33)32(24)31(21)27)34-25-15-22-12-9-19-5-3-6-20-10-13-23(16-25)30(22)29(19)20/h3-18,34H,1-2H3. The lowest BCUT2D eigenvalue weighted by Crippen LogP contribution is -2.15. The summed E-state index contributed by atoms with van der Waals surface area (Å²) in [5.74, 6) is 0. The fraction of sp³-hybridized carbons (Fsp3) is 0.0909. The molecule has 0 saturated carbocycles. The van der Waals surface area contributed by atoms with Gasteiger partial charge in [-0.3, -0.25) is 0 Å². The lowest BCUT2D eigenvalue weighted by atomic mass is 9.81. The van der Waals surface area contributed by atoms with Gasteiger partial charge in [0.25, 0.3) is 0 Å². The van der Waals surface area contributed by atoms with Crippen molar-refractivity contribution in [2.45, 2.75) is 19.3 Å². The van der Waals surface area contributed by atoms with E-state index in [1.54, 1.807) is 0 Å². The molecule has 7 aromatic rings. The molecule has 0 spiro atoms. The summed E-state index contributed by atoms with van der Waals surface area (Å²) in [5.41, 5.74) is 5.12. The summed E-state index contributed by atoms with van der Waals surface area (Å²) >= 11 is 0. The molecule has 34 heavy (non-hydrogen) atoms. The first-order chi connectivity index (χ1) is 16.6. The molecule has 1 nitrogen and oxygen atoms in total. The van der Waals surface area contributed by atoms with Gasteiger partial charge in [0.1, 0.15) is 0 Å². The van der Waals surface area contributed by atoms with Gasteiger partial charge in [0.2, 0.25) is 0 Å². The van der Waals surface area contributed by atoms with Crippen molar-refractivity contribution in [3.63, 3.8) is 0 Å². The first kappa shape index (κ1) is 18.3. The maximum absolute atomic E-state index is 3.76. The third-order valence-electron chi connectivity index (χ3n) is 8.06. The molecule has 1 aliphatic carbocycles. The minimum absolute atomic E-state index is 0.00737. The molecule has 7 aromatic carbocycles. The summed E-state index contributed by atoms with van der Waals surface area (Å²) in [6.07, 6.45) is 0. The van der Waals surface area contributed by atoms with E-state index >= 15 is 0 Å². The average molecular weight is 434 g/mol. The second kappa shape index (κ2) is 6.07. The summed E-state index contributed by atoms with van der Waals surface area (Å²) in [6, 6.07) is 36.1. The lowest BCUT2D eigenvalue weighted by Gasteiger charge is -2.23. The predicted octanol–water partition coefficient (Wildman–Crippen LogP) is 9.27. The van der Waals surface area contributed by atoms with Gasteiger partial charge in [-0.25, -0.2) is 0 Å². The number of anilines is 2. The van der Waals surface area contributed by atoms with Crippen molar-refractivity contribution in [2.24, 2.45) is 0 Å². The quantitative estimate of drug-likeness (QED) is 0.268. The summed E-state index contributed by atoms with van der Waals surface area (Å²) < 4.78 is 0. The Labute approximate surface area is 198 Å². The Kier molecular flexibility index (Phi) is 3.27. The van der Waals surface area contributed by atoms with E-state index in [4.69, 9.17) is 0 Å². The van der Waals surface area contributed by atoms with Crippen LogP contribution in [-0.4, -0.2) is 0 Å². The molecule has 0 amide bonds. The highest BCUT2D eigenvalue weighted by Crippen LogP contribution is 2.49. The summed E-state index contributed by atoms with van der Waals surface area (Å²) in [4.78, 5) is 0. The largest absolute Gasteiger partial charge is 0.355 e. The molecule has 0 heterocycles.